The van der Waals surface area contributed by atoms with Gasteiger partial charge in [-0.15, -0.1) is 0 Å². The summed E-state index contributed by atoms with van der Waals surface area (Å²) in [7, 11) is -4.66. The molecule has 3 aromatic carbocycles. The molecule has 6 rings (SSSR count). The lowest BCUT2D eigenvalue weighted by Gasteiger charge is -2.44. The smallest absolute Gasteiger partial charge is 0.311 e. The van der Waals surface area contributed by atoms with Crippen LogP contribution in [0.3, 0.4) is 0 Å². The van der Waals surface area contributed by atoms with Gasteiger partial charge in [0, 0.05) is 18.3 Å². The quantitative estimate of drug-likeness (QED) is 0.157. The highest BCUT2D eigenvalue weighted by molar-refractivity contribution is 7.85. The summed E-state index contributed by atoms with van der Waals surface area (Å²) in [5.74, 6) is -0.982. The molecule has 0 spiro atoms. The summed E-state index contributed by atoms with van der Waals surface area (Å²) in [4.78, 5) is 25.4. The summed E-state index contributed by atoms with van der Waals surface area (Å²) in [5.41, 5.74) is 5.61. The molecule has 2 bridgehead atoms. The molecule has 3 aliphatic carbocycles. The van der Waals surface area contributed by atoms with Crippen LogP contribution in [0.5, 0.6) is 5.75 Å². The van der Waals surface area contributed by atoms with E-state index in [4.69, 9.17) is 9.47 Å². The second-order valence-electron chi connectivity index (χ2n) is 10.6. The molecule has 0 radical (unpaired) electrons. The number of benzene rings is 3. The summed E-state index contributed by atoms with van der Waals surface area (Å²) in [6.07, 6.45) is 1.02. The topological polar surface area (TPSA) is 110 Å². The predicted octanol–water partition coefficient (Wildman–Crippen LogP) is 5.55. The molecule has 0 aromatic heterocycles. The fourth-order valence-corrected chi connectivity index (χ4v) is 6.90. The third-order valence-electron chi connectivity index (χ3n) is 7.80. The van der Waals surface area contributed by atoms with E-state index in [-0.39, 0.29) is 53.3 Å². The number of carbonyl (C=O) groups is 2. The Kier molecular flexibility index (Phi) is 7.35. The van der Waals surface area contributed by atoms with Gasteiger partial charge in [-0.25, -0.2) is 8.42 Å². The molecule has 0 N–H and O–H groups in total. The highest BCUT2D eigenvalue weighted by Crippen LogP contribution is 2.55. The first-order valence-corrected chi connectivity index (χ1v) is 14.6. The molecular weight excluding hydrogens is 516 g/mol. The third kappa shape index (κ3) is 5.23. The first-order valence-electron chi connectivity index (χ1n) is 13.2. The number of carbonyl (C=O) groups excluding carboxylic acids is 2. The largest absolute Gasteiger partial charge is 0.744 e. The van der Waals surface area contributed by atoms with Crippen molar-refractivity contribution in [3.05, 3.63) is 94.0 Å². The van der Waals surface area contributed by atoms with E-state index < -0.39 is 16.1 Å². The van der Waals surface area contributed by atoms with E-state index in [0.717, 1.165) is 0 Å². The molecule has 3 aliphatic rings. The molecule has 0 amide bonds. The molecule has 0 saturated heterocycles. The first kappa shape index (κ1) is 27.1. The maximum atomic E-state index is 13.2. The van der Waals surface area contributed by atoms with Crippen LogP contribution in [-0.4, -0.2) is 31.5 Å². The van der Waals surface area contributed by atoms with Gasteiger partial charge in [0.1, 0.15) is 15.9 Å². The van der Waals surface area contributed by atoms with E-state index in [2.05, 4.69) is 24.3 Å². The van der Waals surface area contributed by atoms with Crippen molar-refractivity contribution in [2.75, 3.05) is 6.61 Å². The number of esters is 2. The minimum Gasteiger partial charge on any atom is -0.744 e. The number of hydrogen-bond donors (Lipinski definition) is 0. The van der Waals surface area contributed by atoms with Crippen LogP contribution < -0.4 is 4.74 Å². The molecule has 0 heterocycles. The molecule has 0 fully saturated rings. The fourth-order valence-electron chi connectivity index (χ4n) is 5.99. The average Bonchev–Trinajstić information content (AvgIpc) is 2.91. The van der Waals surface area contributed by atoms with Crippen LogP contribution in [-0.2, 0) is 24.4 Å². The number of hydrogen-bond acceptors (Lipinski definition) is 7. The van der Waals surface area contributed by atoms with Crippen molar-refractivity contribution < 1.29 is 32.0 Å². The zero-order chi connectivity index (χ0) is 27.9. The van der Waals surface area contributed by atoms with E-state index in [9.17, 15) is 22.6 Å². The highest BCUT2D eigenvalue weighted by Gasteiger charge is 2.46. The van der Waals surface area contributed by atoms with Crippen LogP contribution in [0.4, 0.5) is 0 Å². The van der Waals surface area contributed by atoms with Gasteiger partial charge in [-0.1, -0.05) is 62.4 Å². The van der Waals surface area contributed by atoms with Crippen molar-refractivity contribution in [2.45, 2.75) is 62.7 Å². The molecule has 0 aliphatic heterocycles. The van der Waals surface area contributed by atoms with Gasteiger partial charge in [-0.05, 0) is 71.2 Å². The normalized spacial score (nSPS) is 19.4. The molecule has 0 saturated carbocycles. The second kappa shape index (κ2) is 10.6. The fraction of sp³-hybridized carbons (Fsp3) is 0.355. The molecule has 39 heavy (non-hydrogen) atoms. The first-order chi connectivity index (χ1) is 18.6. The Morgan fingerprint density at radius 3 is 2.13 bits per heavy atom. The Morgan fingerprint density at radius 1 is 0.974 bits per heavy atom. The Hall–Kier alpha value is -3.49. The SMILES string of the molecule is Cc1cc(S(=O)(=O)[O-])c(C(C)C)cc1OC(=O)CCCOC(=O)C1CC2c3ccccc3C1c1ccccc12. The number of ether oxygens (including phenoxy) is 2. The van der Waals surface area contributed by atoms with Gasteiger partial charge >= 0.3 is 11.9 Å². The van der Waals surface area contributed by atoms with Crippen molar-refractivity contribution in [1.82, 2.24) is 0 Å². The summed E-state index contributed by atoms with van der Waals surface area (Å²) in [6.45, 7) is 5.19. The maximum absolute atomic E-state index is 13.2. The van der Waals surface area contributed by atoms with Gasteiger partial charge in [0.05, 0.1) is 17.4 Å². The van der Waals surface area contributed by atoms with Crippen molar-refractivity contribution in [3.63, 3.8) is 0 Å². The van der Waals surface area contributed by atoms with Crippen molar-refractivity contribution >= 4 is 22.1 Å². The maximum Gasteiger partial charge on any atom is 0.311 e. The van der Waals surface area contributed by atoms with E-state index in [1.54, 1.807) is 20.8 Å². The summed E-state index contributed by atoms with van der Waals surface area (Å²) < 4.78 is 46.1. The Morgan fingerprint density at radius 2 is 1.56 bits per heavy atom. The van der Waals surface area contributed by atoms with Crippen molar-refractivity contribution in [2.24, 2.45) is 5.92 Å². The van der Waals surface area contributed by atoms with E-state index in [1.165, 1.54) is 34.4 Å². The predicted molar refractivity (Wildman–Crippen MR) is 144 cm³/mol. The zero-order valence-electron chi connectivity index (χ0n) is 22.2. The van der Waals surface area contributed by atoms with Crippen LogP contribution in [0.15, 0.2) is 65.6 Å². The van der Waals surface area contributed by atoms with E-state index >= 15 is 0 Å². The van der Waals surface area contributed by atoms with E-state index in [0.29, 0.717) is 24.0 Å². The Bertz CT molecular complexity index is 1490. The summed E-state index contributed by atoms with van der Waals surface area (Å²) >= 11 is 0. The third-order valence-corrected chi connectivity index (χ3v) is 8.69. The van der Waals surface area contributed by atoms with Gasteiger partial charge < -0.3 is 14.0 Å². The van der Waals surface area contributed by atoms with Gasteiger partial charge in [-0.2, -0.15) is 0 Å². The van der Waals surface area contributed by atoms with E-state index in [1.807, 2.05) is 24.3 Å². The number of rotatable bonds is 8. The molecule has 7 nitrogen and oxygen atoms in total. The highest BCUT2D eigenvalue weighted by atomic mass is 32.2. The molecule has 204 valence electrons. The lowest BCUT2D eigenvalue weighted by Crippen LogP contribution is -2.37. The van der Waals surface area contributed by atoms with Crippen LogP contribution in [0.1, 0.15) is 84.2 Å². The van der Waals surface area contributed by atoms with Crippen LogP contribution in [0.25, 0.3) is 0 Å². The van der Waals surface area contributed by atoms with Gasteiger partial charge in [0.25, 0.3) is 0 Å². The average molecular weight is 548 g/mol. The molecule has 1 unspecified atom stereocenters. The standard InChI is InChI=1S/C31H32O7S/c1-18(2)24-17-27(19(3)15-28(24)39(34,35)36)38-29(32)13-8-14-37-31(33)26-16-25-20-9-4-6-11-22(20)30(26)23-12-7-5-10-21(23)25/h4-7,9-12,15,17-18,25-26,30H,8,13-14,16H2,1-3H3,(H,34,35,36)/p-1. The minimum absolute atomic E-state index is 0.0216. The van der Waals surface area contributed by atoms with Gasteiger partial charge in [0.2, 0.25) is 0 Å². The Balaban J connectivity index is 1.20. The molecule has 1 atom stereocenters. The number of aryl methyl sites for hydroxylation is 1. The van der Waals surface area contributed by atoms with Crippen molar-refractivity contribution in [3.8, 4) is 5.75 Å². The van der Waals surface area contributed by atoms with Gasteiger partial charge in [-0.3, -0.25) is 9.59 Å². The summed E-state index contributed by atoms with van der Waals surface area (Å²) in [5, 5.41) is 0. The second-order valence-corrected chi connectivity index (χ2v) is 12.0. The number of fused-ring (bicyclic) bond motifs is 1. The molecule has 8 heteroatoms. The molecular formula is C31H31O7S-. The lowest BCUT2D eigenvalue weighted by atomic mass is 9.59. The van der Waals surface area contributed by atoms with Crippen LogP contribution in [0, 0.1) is 12.8 Å². The molecule has 3 aromatic rings. The van der Waals surface area contributed by atoms with Gasteiger partial charge in [0.15, 0.2) is 0 Å². The van der Waals surface area contributed by atoms with Crippen molar-refractivity contribution in [1.29, 1.82) is 0 Å². The Labute approximate surface area is 228 Å². The monoisotopic (exact) mass is 547 g/mol. The summed E-state index contributed by atoms with van der Waals surface area (Å²) in [6, 6.07) is 19.3. The van der Waals surface area contributed by atoms with Crippen LogP contribution in [0.2, 0.25) is 0 Å². The lowest BCUT2D eigenvalue weighted by molar-refractivity contribution is -0.150. The van der Waals surface area contributed by atoms with Crippen LogP contribution >= 0.6 is 0 Å². The zero-order valence-corrected chi connectivity index (χ0v) is 23.0. The minimum atomic E-state index is -4.66.